The number of amides is 1. The SMILES string of the molecule is CCN(Cc1ccc(F)c(F)c1)C(=O)CC1CCNCC1. The molecule has 1 aromatic carbocycles. The molecule has 0 atom stereocenters. The number of nitrogens with zero attached hydrogens (tertiary/aromatic N) is 1. The molecule has 0 aliphatic carbocycles. The normalized spacial score (nSPS) is 16.0. The second-order valence-electron chi connectivity index (χ2n) is 5.55. The number of halogens is 2. The summed E-state index contributed by atoms with van der Waals surface area (Å²) in [7, 11) is 0. The van der Waals surface area contributed by atoms with Crippen molar-refractivity contribution >= 4 is 5.91 Å². The van der Waals surface area contributed by atoms with Crippen LogP contribution in [-0.4, -0.2) is 30.4 Å². The maximum Gasteiger partial charge on any atom is 0.223 e. The van der Waals surface area contributed by atoms with E-state index in [1.165, 1.54) is 6.07 Å². The number of piperidine rings is 1. The van der Waals surface area contributed by atoms with Crippen molar-refractivity contribution in [3.05, 3.63) is 35.4 Å². The minimum absolute atomic E-state index is 0.0918. The van der Waals surface area contributed by atoms with Gasteiger partial charge in [-0.3, -0.25) is 4.79 Å². The first-order valence-electron chi connectivity index (χ1n) is 7.52. The maximum atomic E-state index is 13.2. The van der Waals surface area contributed by atoms with E-state index in [0.717, 1.165) is 38.1 Å². The average Bonchev–Trinajstić information content (AvgIpc) is 2.49. The van der Waals surface area contributed by atoms with Crippen molar-refractivity contribution in [1.29, 1.82) is 0 Å². The summed E-state index contributed by atoms with van der Waals surface area (Å²) in [6, 6.07) is 3.80. The van der Waals surface area contributed by atoms with E-state index in [1.807, 2.05) is 6.92 Å². The Morgan fingerprint density at radius 3 is 2.62 bits per heavy atom. The lowest BCUT2D eigenvalue weighted by Crippen LogP contribution is -2.35. The molecule has 1 aliphatic heterocycles. The lowest BCUT2D eigenvalue weighted by Gasteiger charge is -2.26. The molecule has 0 saturated carbocycles. The highest BCUT2D eigenvalue weighted by molar-refractivity contribution is 5.76. The summed E-state index contributed by atoms with van der Waals surface area (Å²) in [6.07, 6.45) is 2.59. The van der Waals surface area contributed by atoms with E-state index in [-0.39, 0.29) is 5.91 Å². The molecule has 0 aromatic heterocycles. The molecule has 1 saturated heterocycles. The van der Waals surface area contributed by atoms with Crippen LogP contribution in [0.1, 0.15) is 31.7 Å². The number of hydrogen-bond acceptors (Lipinski definition) is 2. The Bertz CT molecular complexity index is 487. The van der Waals surface area contributed by atoms with Gasteiger partial charge in [-0.25, -0.2) is 8.78 Å². The Labute approximate surface area is 124 Å². The van der Waals surface area contributed by atoms with Gasteiger partial charge < -0.3 is 10.2 Å². The van der Waals surface area contributed by atoms with Crippen molar-refractivity contribution in [1.82, 2.24) is 10.2 Å². The highest BCUT2D eigenvalue weighted by atomic mass is 19.2. The summed E-state index contributed by atoms with van der Waals surface area (Å²) in [5.41, 5.74) is 0.620. The van der Waals surface area contributed by atoms with Gasteiger partial charge in [0, 0.05) is 19.5 Å². The summed E-state index contributed by atoms with van der Waals surface area (Å²) in [6.45, 7) is 4.74. The summed E-state index contributed by atoms with van der Waals surface area (Å²) in [5, 5.41) is 3.28. The Morgan fingerprint density at radius 2 is 2.00 bits per heavy atom. The minimum Gasteiger partial charge on any atom is -0.339 e. The summed E-state index contributed by atoms with van der Waals surface area (Å²) in [4.78, 5) is 14.0. The average molecular weight is 296 g/mol. The highest BCUT2D eigenvalue weighted by Crippen LogP contribution is 2.18. The van der Waals surface area contributed by atoms with Crippen LogP contribution in [0.25, 0.3) is 0 Å². The quantitative estimate of drug-likeness (QED) is 0.906. The maximum absolute atomic E-state index is 13.2. The van der Waals surface area contributed by atoms with E-state index < -0.39 is 11.6 Å². The first kappa shape index (κ1) is 15.9. The third-order valence-corrected chi connectivity index (χ3v) is 4.01. The van der Waals surface area contributed by atoms with Crippen molar-refractivity contribution in [3.63, 3.8) is 0 Å². The molecule has 1 N–H and O–H groups in total. The van der Waals surface area contributed by atoms with Crippen molar-refractivity contribution in [3.8, 4) is 0 Å². The second kappa shape index (κ2) is 7.50. The Kier molecular flexibility index (Phi) is 5.67. The zero-order valence-electron chi connectivity index (χ0n) is 12.4. The Morgan fingerprint density at radius 1 is 1.29 bits per heavy atom. The van der Waals surface area contributed by atoms with Gasteiger partial charge in [0.05, 0.1) is 0 Å². The monoisotopic (exact) mass is 296 g/mol. The molecule has 21 heavy (non-hydrogen) atoms. The molecule has 1 amide bonds. The van der Waals surface area contributed by atoms with Crippen molar-refractivity contribution in [2.75, 3.05) is 19.6 Å². The summed E-state index contributed by atoms with van der Waals surface area (Å²) < 4.78 is 26.1. The van der Waals surface area contributed by atoms with Gasteiger partial charge in [0.2, 0.25) is 5.91 Å². The van der Waals surface area contributed by atoms with Gasteiger partial charge in [0.15, 0.2) is 11.6 Å². The Balaban J connectivity index is 1.94. The van der Waals surface area contributed by atoms with Crippen LogP contribution in [0.4, 0.5) is 8.78 Å². The van der Waals surface area contributed by atoms with Crippen LogP contribution < -0.4 is 5.32 Å². The molecular formula is C16H22F2N2O. The predicted molar refractivity (Wildman–Crippen MR) is 77.7 cm³/mol. The number of carbonyl (C=O) groups is 1. The molecule has 0 radical (unpaired) electrons. The van der Waals surface area contributed by atoms with Crippen LogP contribution >= 0.6 is 0 Å². The van der Waals surface area contributed by atoms with Crippen LogP contribution in [0.2, 0.25) is 0 Å². The van der Waals surface area contributed by atoms with Crippen molar-refractivity contribution < 1.29 is 13.6 Å². The highest BCUT2D eigenvalue weighted by Gasteiger charge is 2.20. The van der Waals surface area contributed by atoms with Crippen molar-refractivity contribution in [2.24, 2.45) is 5.92 Å². The van der Waals surface area contributed by atoms with Gasteiger partial charge in [-0.1, -0.05) is 6.07 Å². The lowest BCUT2D eigenvalue weighted by molar-refractivity contribution is -0.132. The Hall–Kier alpha value is -1.49. The largest absolute Gasteiger partial charge is 0.339 e. The molecule has 0 unspecified atom stereocenters. The topological polar surface area (TPSA) is 32.3 Å². The molecule has 1 heterocycles. The fraction of sp³-hybridized carbons (Fsp3) is 0.562. The number of carbonyl (C=O) groups excluding carboxylic acids is 1. The molecule has 0 bridgehead atoms. The molecule has 1 aliphatic rings. The van der Waals surface area contributed by atoms with Crippen LogP contribution in [0, 0.1) is 17.6 Å². The number of nitrogens with one attached hydrogen (secondary N) is 1. The van der Waals surface area contributed by atoms with Gasteiger partial charge >= 0.3 is 0 Å². The zero-order valence-corrected chi connectivity index (χ0v) is 12.4. The molecule has 1 aromatic rings. The van der Waals surface area contributed by atoms with Gasteiger partial charge in [-0.2, -0.15) is 0 Å². The molecule has 3 nitrogen and oxygen atoms in total. The first-order valence-corrected chi connectivity index (χ1v) is 7.52. The first-order chi connectivity index (χ1) is 10.1. The van der Waals surface area contributed by atoms with Gasteiger partial charge in [0.1, 0.15) is 0 Å². The van der Waals surface area contributed by atoms with Crippen molar-refractivity contribution in [2.45, 2.75) is 32.7 Å². The number of benzene rings is 1. The smallest absolute Gasteiger partial charge is 0.223 e. The van der Waals surface area contributed by atoms with Crippen LogP contribution in [0.3, 0.4) is 0 Å². The zero-order chi connectivity index (χ0) is 15.2. The summed E-state index contributed by atoms with van der Waals surface area (Å²) >= 11 is 0. The third-order valence-electron chi connectivity index (χ3n) is 4.01. The minimum atomic E-state index is -0.866. The molecule has 0 spiro atoms. The molecule has 116 valence electrons. The van der Waals surface area contributed by atoms with E-state index >= 15 is 0 Å². The summed E-state index contributed by atoms with van der Waals surface area (Å²) in [5.74, 6) is -1.20. The van der Waals surface area contributed by atoms with E-state index in [2.05, 4.69) is 5.32 Å². The standard InChI is InChI=1S/C16H22F2N2O/c1-2-20(11-13-3-4-14(17)15(18)9-13)16(21)10-12-5-7-19-8-6-12/h3-4,9,12,19H,2,5-8,10-11H2,1H3. The van der Waals surface area contributed by atoms with Gasteiger partial charge in [0.25, 0.3) is 0 Å². The van der Waals surface area contributed by atoms with E-state index in [0.29, 0.717) is 31.0 Å². The van der Waals surface area contributed by atoms with Gasteiger partial charge in [-0.05, 0) is 56.5 Å². The fourth-order valence-electron chi connectivity index (χ4n) is 2.70. The van der Waals surface area contributed by atoms with E-state index in [1.54, 1.807) is 4.90 Å². The van der Waals surface area contributed by atoms with Crippen LogP contribution in [0.15, 0.2) is 18.2 Å². The molecular weight excluding hydrogens is 274 g/mol. The predicted octanol–water partition coefficient (Wildman–Crippen LogP) is 2.70. The van der Waals surface area contributed by atoms with Gasteiger partial charge in [-0.15, -0.1) is 0 Å². The van der Waals surface area contributed by atoms with Crippen LogP contribution in [0.5, 0.6) is 0 Å². The molecule has 5 heteroatoms. The third kappa shape index (κ3) is 4.49. The van der Waals surface area contributed by atoms with E-state index in [4.69, 9.17) is 0 Å². The van der Waals surface area contributed by atoms with E-state index in [9.17, 15) is 13.6 Å². The fourth-order valence-corrected chi connectivity index (χ4v) is 2.70. The number of rotatable bonds is 5. The number of hydrogen-bond donors (Lipinski definition) is 1. The van der Waals surface area contributed by atoms with Crippen LogP contribution in [-0.2, 0) is 11.3 Å². The molecule has 2 rings (SSSR count). The second-order valence-corrected chi connectivity index (χ2v) is 5.55. The molecule has 1 fully saturated rings. The lowest BCUT2D eigenvalue weighted by atomic mass is 9.94.